The molecule has 0 aromatic carbocycles. The molecule has 0 aliphatic heterocycles. The summed E-state index contributed by atoms with van der Waals surface area (Å²) < 4.78 is 1.60. The zero-order valence-corrected chi connectivity index (χ0v) is 7.87. The molecular weight excluding hydrogens is 172 g/mol. The maximum Gasteiger partial charge on any atom is 0.253 e. The van der Waals surface area contributed by atoms with Crippen LogP contribution in [0.1, 0.15) is 6.92 Å². The van der Waals surface area contributed by atoms with Gasteiger partial charge in [-0.1, -0.05) is 6.92 Å². The van der Waals surface area contributed by atoms with Crippen LogP contribution in [-0.4, -0.2) is 15.3 Å². The fraction of sp³-hybridized carbons (Fsp3) is 0.500. The van der Waals surface area contributed by atoms with Gasteiger partial charge in [-0.2, -0.15) is 12.6 Å². The Morgan fingerprint density at radius 3 is 3.08 bits per heavy atom. The van der Waals surface area contributed by atoms with Crippen LogP contribution in [0.15, 0.2) is 23.4 Å². The van der Waals surface area contributed by atoms with Crippen molar-refractivity contribution in [2.24, 2.45) is 5.92 Å². The molecule has 1 atom stereocenters. The maximum absolute atomic E-state index is 11.2. The summed E-state index contributed by atoms with van der Waals surface area (Å²) in [4.78, 5) is 15.0. The Labute approximate surface area is 76.9 Å². The molecule has 3 nitrogen and oxygen atoms in total. The molecule has 1 rings (SSSR count). The van der Waals surface area contributed by atoms with Gasteiger partial charge in [0.2, 0.25) is 0 Å². The smallest absolute Gasteiger partial charge is 0.253 e. The number of thiol groups is 1. The van der Waals surface area contributed by atoms with Crippen LogP contribution in [-0.2, 0) is 6.54 Å². The largest absolute Gasteiger partial charge is 0.299 e. The highest BCUT2D eigenvalue weighted by Gasteiger charge is 2.01. The van der Waals surface area contributed by atoms with Crippen molar-refractivity contribution in [2.45, 2.75) is 13.5 Å². The first-order chi connectivity index (χ1) is 5.74. The first-order valence-electron chi connectivity index (χ1n) is 3.85. The summed E-state index contributed by atoms with van der Waals surface area (Å²) >= 11 is 4.14. The first-order valence-corrected chi connectivity index (χ1v) is 4.48. The Bertz CT molecular complexity index is 297. The standard InChI is InChI=1S/C8H12N2OS/c1-7(5-12)4-10-6-9-3-2-8(10)11/h2-3,6-7,12H,4-5H2,1H3. The molecule has 0 saturated carbocycles. The van der Waals surface area contributed by atoms with Gasteiger partial charge in [0.05, 0.1) is 6.33 Å². The lowest BCUT2D eigenvalue weighted by molar-refractivity contribution is 0.513. The van der Waals surface area contributed by atoms with Gasteiger partial charge in [0, 0.05) is 18.8 Å². The third kappa shape index (κ3) is 2.37. The molecule has 0 radical (unpaired) electrons. The molecule has 0 saturated heterocycles. The van der Waals surface area contributed by atoms with Gasteiger partial charge in [-0.05, 0) is 11.7 Å². The molecule has 0 N–H and O–H groups in total. The van der Waals surface area contributed by atoms with Crippen LogP contribution in [0.4, 0.5) is 0 Å². The van der Waals surface area contributed by atoms with E-state index in [-0.39, 0.29) is 5.56 Å². The minimum absolute atomic E-state index is 0.00127. The van der Waals surface area contributed by atoms with E-state index in [2.05, 4.69) is 17.6 Å². The van der Waals surface area contributed by atoms with Gasteiger partial charge in [-0.25, -0.2) is 4.98 Å². The highest BCUT2D eigenvalue weighted by molar-refractivity contribution is 7.80. The summed E-state index contributed by atoms with van der Waals surface area (Å²) in [6, 6.07) is 1.46. The monoisotopic (exact) mass is 184 g/mol. The fourth-order valence-corrected chi connectivity index (χ4v) is 1.02. The SMILES string of the molecule is CC(CS)Cn1cnccc1=O. The molecule has 0 amide bonds. The molecule has 1 unspecified atom stereocenters. The third-order valence-corrected chi connectivity index (χ3v) is 2.24. The topological polar surface area (TPSA) is 34.9 Å². The second-order valence-electron chi connectivity index (χ2n) is 2.86. The fourth-order valence-electron chi connectivity index (χ4n) is 0.909. The first kappa shape index (κ1) is 9.32. The van der Waals surface area contributed by atoms with Crippen molar-refractivity contribution in [1.29, 1.82) is 0 Å². The number of hydrogen-bond acceptors (Lipinski definition) is 3. The van der Waals surface area contributed by atoms with E-state index in [0.717, 1.165) is 5.75 Å². The van der Waals surface area contributed by atoms with Crippen molar-refractivity contribution >= 4 is 12.6 Å². The molecule has 0 fully saturated rings. The van der Waals surface area contributed by atoms with E-state index in [1.54, 1.807) is 10.9 Å². The second kappa shape index (κ2) is 4.30. The number of aromatic nitrogens is 2. The second-order valence-corrected chi connectivity index (χ2v) is 3.22. The van der Waals surface area contributed by atoms with Crippen LogP contribution in [0.5, 0.6) is 0 Å². The molecular formula is C8H12N2OS. The van der Waals surface area contributed by atoms with Crippen LogP contribution in [0.25, 0.3) is 0 Å². The Morgan fingerprint density at radius 2 is 2.50 bits per heavy atom. The predicted octanol–water partition coefficient (Wildman–Crippen LogP) is 0.809. The Hall–Kier alpha value is -0.770. The minimum atomic E-state index is -0.00127. The normalized spacial score (nSPS) is 12.8. The van der Waals surface area contributed by atoms with Crippen LogP contribution in [0.3, 0.4) is 0 Å². The molecule has 1 heterocycles. The summed E-state index contributed by atoms with van der Waals surface area (Å²) in [5.41, 5.74) is -0.00127. The lowest BCUT2D eigenvalue weighted by Crippen LogP contribution is -2.22. The minimum Gasteiger partial charge on any atom is -0.299 e. The van der Waals surface area contributed by atoms with Gasteiger partial charge in [-0.15, -0.1) is 0 Å². The Kier molecular flexibility index (Phi) is 3.34. The third-order valence-electron chi connectivity index (χ3n) is 1.61. The molecule has 1 aromatic heterocycles. The predicted molar refractivity (Wildman–Crippen MR) is 51.5 cm³/mol. The van der Waals surface area contributed by atoms with Gasteiger partial charge in [0.15, 0.2) is 0 Å². The van der Waals surface area contributed by atoms with E-state index in [9.17, 15) is 4.79 Å². The van der Waals surface area contributed by atoms with Crippen LogP contribution < -0.4 is 5.56 Å². The van der Waals surface area contributed by atoms with Gasteiger partial charge in [0.1, 0.15) is 0 Å². The van der Waals surface area contributed by atoms with Crippen molar-refractivity contribution < 1.29 is 0 Å². The number of hydrogen-bond donors (Lipinski definition) is 1. The van der Waals surface area contributed by atoms with Gasteiger partial charge < -0.3 is 0 Å². The zero-order chi connectivity index (χ0) is 8.97. The molecule has 0 bridgehead atoms. The Balaban J connectivity index is 2.76. The lowest BCUT2D eigenvalue weighted by atomic mass is 10.2. The highest BCUT2D eigenvalue weighted by Crippen LogP contribution is 1.99. The summed E-state index contributed by atoms with van der Waals surface area (Å²) in [6.45, 7) is 2.74. The molecule has 12 heavy (non-hydrogen) atoms. The highest BCUT2D eigenvalue weighted by atomic mass is 32.1. The molecule has 0 aliphatic carbocycles. The molecule has 4 heteroatoms. The van der Waals surface area contributed by atoms with E-state index >= 15 is 0 Å². The summed E-state index contributed by atoms with van der Waals surface area (Å²) in [6.07, 6.45) is 3.06. The van der Waals surface area contributed by atoms with Crippen molar-refractivity contribution in [3.8, 4) is 0 Å². The molecule has 1 aromatic rings. The van der Waals surface area contributed by atoms with E-state index in [1.165, 1.54) is 12.3 Å². The average molecular weight is 184 g/mol. The molecule has 0 spiro atoms. The summed E-state index contributed by atoms with van der Waals surface area (Å²) in [5, 5.41) is 0. The number of nitrogens with zero attached hydrogens (tertiary/aromatic N) is 2. The molecule has 0 aliphatic rings. The zero-order valence-electron chi connectivity index (χ0n) is 6.97. The maximum atomic E-state index is 11.2. The van der Waals surface area contributed by atoms with E-state index in [1.807, 2.05) is 6.92 Å². The van der Waals surface area contributed by atoms with Crippen LogP contribution in [0.2, 0.25) is 0 Å². The van der Waals surface area contributed by atoms with Gasteiger partial charge in [-0.3, -0.25) is 9.36 Å². The van der Waals surface area contributed by atoms with Crippen molar-refractivity contribution in [2.75, 3.05) is 5.75 Å². The van der Waals surface area contributed by atoms with Crippen LogP contribution in [0, 0.1) is 5.92 Å². The van der Waals surface area contributed by atoms with E-state index < -0.39 is 0 Å². The van der Waals surface area contributed by atoms with E-state index in [0.29, 0.717) is 12.5 Å². The lowest BCUT2D eigenvalue weighted by Gasteiger charge is -2.08. The summed E-state index contributed by atoms with van der Waals surface area (Å²) in [7, 11) is 0. The number of rotatable bonds is 3. The van der Waals surface area contributed by atoms with Gasteiger partial charge in [0.25, 0.3) is 5.56 Å². The van der Waals surface area contributed by atoms with Crippen molar-refractivity contribution in [3.63, 3.8) is 0 Å². The van der Waals surface area contributed by atoms with Crippen LogP contribution >= 0.6 is 12.6 Å². The van der Waals surface area contributed by atoms with Gasteiger partial charge >= 0.3 is 0 Å². The van der Waals surface area contributed by atoms with Crippen molar-refractivity contribution in [3.05, 3.63) is 28.9 Å². The molecule has 66 valence electrons. The summed E-state index contributed by atoms with van der Waals surface area (Å²) in [5.74, 6) is 1.18. The average Bonchev–Trinajstić information content (AvgIpc) is 2.09. The quantitative estimate of drug-likeness (QED) is 0.705. The van der Waals surface area contributed by atoms with E-state index in [4.69, 9.17) is 0 Å². The van der Waals surface area contributed by atoms with Crippen molar-refractivity contribution in [1.82, 2.24) is 9.55 Å². The Morgan fingerprint density at radius 1 is 1.75 bits per heavy atom.